The fourth-order valence-electron chi connectivity index (χ4n) is 1.17. The molecule has 16 heavy (non-hydrogen) atoms. The molecule has 84 valence electrons. The van der Waals surface area contributed by atoms with Crippen LogP contribution >= 0.6 is 0 Å². The first-order valence-corrected chi connectivity index (χ1v) is 4.22. The Morgan fingerprint density at radius 1 is 1.44 bits per heavy atom. The van der Waals surface area contributed by atoms with Crippen LogP contribution in [0.5, 0.6) is 0 Å². The Morgan fingerprint density at radius 3 is 2.56 bits per heavy atom. The van der Waals surface area contributed by atoms with Crippen molar-refractivity contribution < 1.29 is 20.0 Å². The van der Waals surface area contributed by atoms with Crippen molar-refractivity contribution in [3.05, 3.63) is 39.9 Å². The van der Waals surface area contributed by atoms with Crippen LogP contribution in [0.25, 0.3) is 0 Å². The molecule has 0 aliphatic carbocycles. The molecule has 0 amide bonds. The van der Waals surface area contributed by atoms with Gasteiger partial charge in [-0.05, 0) is 0 Å². The zero-order valence-electron chi connectivity index (χ0n) is 8.03. The summed E-state index contributed by atoms with van der Waals surface area (Å²) in [6.07, 6.45) is -0.303. The highest BCUT2D eigenvalue weighted by Gasteiger charge is 2.18. The van der Waals surface area contributed by atoms with Crippen molar-refractivity contribution in [2.24, 2.45) is 5.16 Å². The minimum Gasteiger partial charge on any atom is -0.477 e. The largest absolute Gasteiger partial charge is 0.477 e. The van der Waals surface area contributed by atoms with Crippen LogP contribution in [0.15, 0.2) is 29.4 Å². The number of hydrogen-bond donors (Lipinski definition) is 2. The lowest BCUT2D eigenvalue weighted by Crippen LogP contribution is -2.16. The van der Waals surface area contributed by atoms with Crippen molar-refractivity contribution in [3.63, 3.8) is 0 Å². The van der Waals surface area contributed by atoms with Crippen molar-refractivity contribution in [2.45, 2.75) is 6.42 Å². The normalized spacial score (nSPS) is 11.1. The topological polar surface area (TPSA) is 113 Å². The lowest BCUT2D eigenvalue weighted by Gasteiger charge is -2.01. The standard InChI is InChI=1S/C9H8N2O5/c12-9(13)7(10-14)5-6-3-1-2-4-8(6)11(15)16/h1-4,14H,5H2,(H,12,13)/b10-7-. The van der Waals surface area contributed by atoms with Crippen LogP contribution in [0.3, 0.4) is 0 Å². The molecule has 0 fully saturated rings. The van der Waals surface area contributed by atoms with Crippen LogP contribution in [0.4, 0.5) is 5.69 Å². The molecule has 0 radical (unpaired) electrons. The number of nitrogens with zero attached hydrogens (tertiary/aromatic N) is 2. The van der Waals surface area contributed by atoms with Gasteiger partial charge in [0.1, 0.15) is 0 Å². The number of aliphatic carboxylic acids is 1. The van der Waals surface area contributed by atoms with Crippen molar-refractivity contribution in [1.29, 1.82) is 0 Å². The quantitative estimate of drug-likeness (QED) is 0.343. The maximum absolute atomic E-state index is 10.6. The van der Waals surface area contributed by atoms with Crippen molar-refractivity contribution in [1.82, 2.24) is 0 Å². The van der Waals surface area contributed by atoms with Gasteiger partial charge in [0.15, 0.2) is 5.71 Å². The number of rotatable bonds is 4. The zero-order valence-corrected chi connectivity index (χ0v) is 8.03. The SMILES string of the molecule is O=C(O)/C(Cc1ccccc1[N+](=O)[O-])=N\O. The first-order chi connectivity index (χ1) is 7.56. The summed E-state index contributed by atoms with van der Waals surface area (Å²) in [6, 6.07) is 5.68. The maximum atomic E-state index is 10.6. The van der Waals surface area contributed by atoms with Gasteiger partial charge in [-0.15, -0.1) is 0 Å². The molecule has 0 atom stereocenters. The van der Waals surface area contributed by atoms with E-state index in [0.29, 0.717) is 0 Å². The first kappa shape index (κ1) is 11.6. The molecular formula is C9H8N2O5. The number of oxime groups is 1. The van der Waals surface area contributed by atoms with Crippen LogP contribution < -0.4 is 0 Å². The van der Waals surface area contributed by atoms with Gasteiger partial charge in [0, 0.05) is 18.1 Å². The lowest BCUT2D eigenvalue weighted by molar-refractivity contribution is -0.385. The van der Waals surface area contributed by atoms with Gasteiger partial charge >= 0.3 is 5.97 Å². The van der Waals surface area contributed by atoms with Crippen LogP contribution in [0, 0.1) is 10.1 Å². The van der Waals surface area contributed by atoms with Gasteiger partial charge in [0.05, 0.1) is 4.92 Å². The molecule has 0 aliphatic heterocycles. The predicted octanol–water partition coefficient (Wildman–Crippen LogP) is 1.05. The summed E-state index contributed by atoms with van der Waals surface area (Å²) in [4.78, 5) is 20.6. The van der Waals surface area contributed by atoms with E-state index in [9.17, 15) is 14.9 Å². The van der Waals surface area contributed by atoms with Gasteiger partial charge < -0.3 is 10.3 Å². The van der Waals surface area contributed by atoms with Crippen molar-refractivity contribution in [2.75, 3.05) is 0 Å². The Morgan fingerprint density at radius 2 is 2.06 bits per heavy atom. The van der Waals surface area contributed by atoms with E-state index in [1.54, 1.807) is 6.07 Å². The van der Waals surface area contributed by atoms with Gasteiger partial charge in [0.25, 0.3) is 5.69 Å². The molecule has 1 aromatic carbocycles. The molecule has 0 bridgehead atoms. The summed E-state index contributed by atoms with van der Waals surface area (Å²) in [5.74, 6) is -1.42. The molecule has 0 aliphatic rings. The summed E-state index contributed by atoms with van der Waals surface area (Å²) < 4.78 is 0. The number of hydrogen-bond acceptors (Lipinski definition) is 5. The number of nitro benzene ring substituents is 1. The Kier molecular flexibility index (Phi) is 3.54. The van der Waals surface area contributed by atoms with Gasteiger partial charge in [0.2, 0.25) is 0 Å². The molecule has 1 rings (SSSR count). The monoisotopic (exact) mass is 224 g/mol. The van der Waals surface area contributed by atoms with Crippen LogP contribution in [0.2, 0.25) is 0 Å². The van der Waals surface area contributed by atoms with Gasteiger partial charge in [-0.2, -0.15) is 0 Å². The number of carbonyl (C=O) groups is 1. The minimum atomic E-state index is -1.42. The Bertz CT molecular complexity index is 455. The molecular weight excluding hydrogens is 216 g/mol. The zero-order chi connectivity index (χ0) is 12.1. The fraction of sp³-hybridized carbons (Fsp3) is 0.111. The molecule has 0 saturated heterocycles. The lowest BCUT2D eigenvalue weighted by atomic mass is 10.1. The average molecular weight is 224 g/mol. The van der Waals surface area contributed by atoms with Crippen molar-refractivity contribution >= 4 is 17.4 Å². The number of para-hydroxylation sites is 1. The van der Waals surface area contributed by atoms with E-state index in [2.05, 4.69) is 5.16 Å². The third-order valence-corrected chi connectivity index (χ3v) is 1.91. The van der Waals surface area contributed by atoms with Crippen LogP contribution in [-0.2, 0) is 11.2 Å². The number of nitro groups is 1. The number of benzene rings is 1. The summed E-state index contributed by atoms with van der Waals surface area (Å²) in [5.41, 5.74) is -0.568. The summed E-state index contributed by atoms with van der Waals surface area (Å²) in [5, 5.41) is 30.2. The Balaban J connectivity index is 3.06. The van der Waals surface area contributed by atoms with E-state index in [1.165, 1.54) is 18.2 Å². The van der Waals surface area contributed by atoms with E-state index in [4.69, 9.17) is 10.3 Å². The third-order valence-electron chi connectivity index (χ3n) is 1.91. The smallest absolute Gasteiger partial charge is 0.354 e. The Labute approximate surface area is 89.8 Å². The highest BCUT2D eigenvalue weighted by Crippen LogP contribution is 2.18. The highest BCUT2D eigenvalue weighted by atomic mass is 16.6. The van der Waals surface area contributed by atoms with Crippen LogP contribution in [-0.4, -0.2) is 26.9 Å². The summed E-state index contributed by atoms with van der Waals surface area (Å²) in [7, 11) is 0. The summed E-state index contributed by atoms with van der Waals surface area (Å²) in [6.45, 7) is 0. The summed E-state index contributed by atoms with van der Waals surface area (Å²) >= 11 is 0. The third kappa shape index (κ3) is 2.53. The molecule has 0 saturated carbocycles. The first-order valence-electron chi connectivity index (χ1n) is 4.22. The van der Waals surface area contributed by atoms with E-state index in [1.807, 2.05) is 0 Å². The minimum absolute atomic E-state index is 0.183. The average Bonchev–Trinajstić information content (AvgIpc) is 2.25. The fourth-order valence-corrected chi connectivity index (χ4v) is 1.17. The Hall–Kier alpha value is -2.44. The van der Waals surface area contributed by atoms with Crippen molar-refractivity contribution in [3.8, 4) is 0 Å². The molecule has 7 nitrogen and oxygen atoms in total. The van der Waals surface area contributed by atoms with Gasteiger partial charge in [-0.1, -0.05) is 23.4 Å². The van der Waals surface area contributed by atoms with Gasteiger partial charge in [-0.3, -0.25) is 10.1 Å². The highest BCUT2D eigenvalue weighted by molar-refractivity contribution is 6.35. The molecule has 0 heterocycles. The van der Waals surface area contributed by atoms with E-state index in [0.717, 1.165) is 0 Å². The molecule has 2 N–H and O–H groups in total. The number of carboxylic acids is 1. The number of carboxylic acid groups (broad SMARTS) is 1. The van der Waals surface area contributed by atoms with E-state index < -0.39 is 16.6 Å². The van der Waals surface area contributed by atoms with Crippen LogP contribution in [0.1, 0.15) is 5.56 Å². The second-order valence-corrected chi connectivity index (χ2v) is 2.91. The molecule has 0 spiro atoms. The second kappa shape index (κ2) is 4.87. The van der Waals surface area contributed by atoms with Gasteiger partial charge in [-0.25, -0.2) is 4.79 Å². The predicted molar refractivity (Wildman–Crippen MR) is 53.7 cm³/mol. The maximum Gasteiger partial charge on any atom is 0.354 e. The molecule has 0 unspecified atom stereocenters. The molecule has 7 heteroatoms. The molecule has 0 aromatic heterocycles. The van der Waals surface area contributed by atoms with E-state index in [-0.39, 0.29) is 17.7 Å². The van der Waals surface area contributed by atoms with E-state index >= 15 is 0 Å². The molecule has 1 aromatic rings. The second-order valence-electron chi connectivity index (χ2n) is 2.91.